The highest BCUT2D eigenvalue weighted by Gasteiger charge is 2.31. The van der Waals surface area contributed by atoms with Crippen molar-refractivity contribution in [1.29, 1.82) is 0 Å². The Morgan fingerprint density at radius 3 is 2.59 bits per heavy atom. The van der Waals surface area contributed by atoms with Crippen LogP contribution in [0.2, 0.25) is 5.02 Å². The van der Waals surface area contributed by atoms with Crippen molar-refractivity contribution in [3.8, 4) is 5.00 Å². The summed E-state index contributed by atoms with van der Waals surface area (Å²) in [4.78, 5) is 18.1. The summed E-state index contributed by atoms with van der Waals surface area (Å²) in [5.74, 6) is 1.51. The van der Waals surface area contributed by atoms with Crippen LogP contribution >= 0.6 is 45.5 Å². The van der Waals surface area contributed by atoms with E-state index in [1.54, 1.807) is 11.3 Å². The van der Waals surface area contributed by atoms with E-state index in [0.717, 1.165) is 27.7 Å². The second kappa shape index (κ2) is 7.10. The molecule has 0 aliphatic carbocycles. The summed E-state index contributed by atoms with van der Waals surface area (Å²) in [6.07, 6.45) is 0.281. The number of hydrogen-bond donors (Lipinski definition) is 0. The Hall–Kier alpha value is -1.58. The number of thiophene rings is 1. The largest absolute Gasteiger partial charge is 0.288 e. The number of aryl methyl sites for hydroxylation is 2. The Bertz CT molecular complexity index is 1080. The van der Waals surface area contributed by atoms with E-state index >= 15 is 0 Å². The lowest BCUT2D eigenvalue weighted by molar-refractivity contribution is -0.109. The maximum Gasteiger partial charge on any atom is 0.195 e. The van der Waals surface area contributed by atoms with Gasteiger partial charge in [0.2, 0.25) is 0 Å². The first-order valence-electron chi connectivity index (χ1n) is 8.41. The highest BCUT2D eigenvalue weighted by Crippen LogP contribution is 2.39. The van der Waals surface area contributed by atoms with Crippen molar-refractivity contribution in [2.75, 3.05) is 0 Å². The minimum atomic E-state index is -0.374. The number of nitrogens with zero attached hydrogens (tertiary/aromatic N) is 4. The van der Waals surface area contributed by atoms with Gasteiger partial charge in [-0.15, -0.1) is 21.5 Å². The van der Waals surface area contributed by atoms with Crippen molar-refractivity contribution in [2.24, 2.45) is 4.99 Å². The van der Waals surface area contributed by atoms with Gasteiger partial charge in [-0.1, -0.05) is 23.7 Å². The van der Waals surface area contributed by atoms with Crippen LogP contribution in [0.15, 0.2) is 29.3 Å². The number of aromatic nitrogens is 3. The number of hydrogen-bond acceptors (Lipinski definition) is 5. The number of fused-ring (bicyclic) bond motifs is 3. The van der Waals surface area contributed by atoms with E-state index < -0.39 is 0 Å². The molecule has 1 atom stereocenters. The summed E-state index contributed by atoms with van der Waals surface area (Å²) in [5, 5.41) is 10.4. The fraction of sp³-hybridized carbons (Fsp3) is 0.263. The van der Waals surface area contributed by atoms with Crippen LogP contribution in [0.4, 0.5) is 0 Å². The predicted molar refractivity (Wildman–Crippen MR) is 117 cm³/mol. The number of rotatable bonds is 3. The Morgan fingerprint density at radius 2 is 1.93 bits per heavy atom. The van der Waals surface area contributed by atoms with Crippen LogP contribution in [-0.4, -0.2) is 24.3 Å². The minimum absolute atomic E-state index is 0.0437. The molecule has 138 valence electrons. The zero-order chi connectivity index (χ0) is 19.3. The second-order valence-corrected chi connectivity index (χ2v) is 9.31. The van der Waals surface area contributed by atoms with Gasteiger partial charge in [0.15, 0.2) is 9.61 Å². The smallest absolute Gasteiger partial charge is 0.195 e. The molecular formula is C19H16ClIN4OS. The molecule has 1 aromatic carbocycles. The van der Waals surface area contributed by atoms with E-state index in [9.17, 15) is 4.79 Å². The lowest BCUT2D eigenvalue weighted by Gasteiger charge is -2.11. The zero-order valence-electron chi connectivity index (χ0n) is 15.0. The van der Waals surface area contributed by atoms with Crippen molar-refractivity contribution in [3.63, 3.8) is 0 Å². The van der Waals surface area contributed by atoms with Crippen LogP contribution in [0, 0.1) is 20.8 Å². The lowest BCUT2D eigenvalue weighted by atomic mass is 10.00. The van der Waals surface area contributed by atoms with E-state index in [1.807, 2.05) is 53.8 Å². The van der Waals surface area contributed by atoms with E-state index in [-0.39, 0.29) is 16.3 Å². The van der Waals surface area contributed by atoms with Crippen molar-refractivity contribution in [2.45, 2.75) is 33.2 Å². The molecule has 0 saturated heterocycles. The summed E-state index contributed by atoms with van der Waals surface area (Å²) < 4.78 is 2.10. The number of carbonyl (C=O) groups is 1. The molecule has 0 spiro atoms. The second-order valence-electron chi connectivity index (χ2n) is 6.46. The molecule has 0 radical (unpaired) electrons. The first-order chi connectivity index (χ1) is 12.9. The first-order valence-corrected chi connectivity index (χ1v) is 10.7. The molecule has 0 bridgehead atoms. The van der Waals surface area contributed by atoms with Gasteiger partial charge in [0.25, 0.3) is 0 Å². The van der Waals surface area contributed by atoms with Crippen LogP contribution in [0.5, 0.6) is 0 Å². The zero-order valence-corrected chi connectivity index (χ0v) is 18.7. The molecule has 4 rings (SSSR count). The topological polar surface area (TPSA) is 60.1 Å². The molecule has 1 aliphatic rings. The van der Waals surface area contributed by atoms with Gasteiger partial charge in [0.05, 0.1) is 5.71 Å². The maximum atomic E-state index is 11.9. The lowest BCUT2D eigenvalue weighted by Crippen LogP contribution is -2.08. The quantitative estimate of drug-likeness (QED) is 0.362. The fourth-order valence-electron chi connectivity index (χ4n) is 3.28. The van der Waals surface area contributed by atoms with Crippen molar-refractivity contribution < 1.29 is 4.79 Å². The third kappa shape index (κ3) is 3.25. The standard InChI is InChI=1S/C19H16ClIN4OS/c1-9-10(2)27-19-16(9)17(12-4-6-13(20)7-5-12)22-14(8-15(21)26)18-24-23-11(3)25(18)19/h4-7,14H,8H2,1-3H3/t14-/m0/s1. The minimum Gasteiger partial charge on any atom is -0.288 e. The van der Waals surface area contributed by atoms with Crippen molar-refractivity contribution in [1.82, 2.24) is 14.8 Å². The van der Waals surface area contributed by atoms with Gasteiger partial charge in [-0.3, -0.25) is 14.4 Å². The van der Waals surface area contributed by atoms with Crippen LogP contribution in [-0.2, 0) is 4.79 Å². The molecule has 0 N–H and O–H groups in total. The van der Waals surface area contributed by atoms with Gasteiger partial charge >= 0.3 is 0 Å². The maximum absolute atomic E-state index is 11.9. The molecule has 3 aromatic rings. The molecule has 5 nitrogen and oxygen atoms in total. The number of carbonyl (C=O) groups excluding carboxylic acids is 1. The molecule has 0 amide bonds. The monoisotopic (exact) mass is 510 g/mol. The third-order valence-electron chi connectivity index (χ3n) is 4.71. The fourth-order valence-corrected chi connectivity index (χ4v) is 5.04. The van der Waals surface area contributed by atoms with Gasteiger partial charge in [-0.05, 0) is 61.1 Å². The number of benzene rings is 1. The molecule has 2 aromatic heterocycles. The van der Waals surface area contributed by atoms with E-state index in [2.05, 4.69) is 28.6 Å². The molecule has 3 heterocycles. The van der Waals surface area contributed by atoms with Gasteiger partial charge in [0, 0.05) is 27.4 Å². The van der Waals surface area contributed by atoms with E-state index in [1.165, 1.54) is 10.4 Å². The van der Waals surface area contributed by atoms with Gasteiger partial charge in [-0.25, -0.2) is 0 Å². The van der Waals surface area contributed by atoms with Crippen LogP contribution in [0.3, 0.4) is 0 Å². The summed E-state index contributed by atoms with van der Waals surface area (Å²) in [6.45, 7) is 6.15. The van der Waals surface area contributed by atoms with Gasteiger partial charge in [-0.2, -0.15) is 0 Å². The van der Waals surface area contributed by atoms with Gasteiger partial charge < -0.3 is 0 Å². The molecule has 27 heavy (non-hydrogen) atoms. The SMILES string of the molecule is Cc1sc2c(c1C)C(c1ccc(Cl)cc1)=N[C@@H](CC(=O)I)c1nnc(C)n1-2. The molecule has 0 saturated carbocycles. The third-order valence-corrected chi connectivity index (χ3v) is 6.60. The molecule has 0 fully saturated rings. The van der Waals surface area contributed by atoms with Crippen LogP contribution < -0.4 is 0 Å². The predicted octanol–water partition coefficient (Wildman–Crippen LogP) is 5.15. The summed E-state index contributed by atoms with van der Waals surface area (Å²) in [6, 6.07) is 7.30. The molecule has 0 unspecified atom stereocenters. The Balaban J connectivity index is 2.04. The van der Waals surface area contributed by atoms with E-state index in [0.29, 0.717) is 10.8 Å². The first kappa shape index (κ1) is 18.8. The van der Waals surface area contributed by atoms with E-state index in [4.69, 9.17) is 16.6 Å². The van der Waals surface area contributed by atoms with Crippen LogP contribution in [0.1, 0.15) is 45.7 Å². The number of halogens is 2. The Morgan fingerprint density at radius 1 is 1.22 bits per heavy atom. The summed E-state index contributed by atoms with van der Waals surface area (Å²) in [5.41, 5.74) is 4.11. The Labute approximate surface area is 179 Å². The van der Waals surface area contributed by atoms with Gasteiger partial charge in [0.1, 0.15) is 16.9 Å². The summed E-state index contributed by atoms with van der Waals surface area (Å²) >= 11 is 9.61. The molecule has 1 aliphatic heterocycles. The number of aliphatic imine (C=N–C) groups is 1. The summed E-state index contributed by atoms with van der Waals surface area (Å²) in [7, 11) is 0. The average molecular weight is 511 g/mol. The Kier molecular flexibility index (Phi) is 4.94. The average Bonchev–Trinajstić information content (AvgIpc) is 3.08. The molecular weight excluding hydrogens is 495 g/mol. The highest BCUT2D eigenvalue weighted by atomic mass is 127. The van der Waals surface area contributed by atoms with Crippen molar-refractivity contribution in [3.05, 3.63) is 62.5 Å². The van der Waals surface area contributed by atoms with Crippen LogP contribution in [0.25, 0.3) is 5.00 Å². The van der Waals surface area contributed by atoms with Crippen molar-refractivity contribution >= 4 is 55.0 Å². The highest BCUT2D eigenvalue weighted by molar-refractivity contribution is 14.1. The molecule has 8 heteroatoms. The normalized spacial score (nSPS) is 15.7.